The fourth-order valence-electron chi connectivity index (χ4n) is 5.58. The predicted molar refractivity (Wildman–Crippen MR) is 140 cm³/mol. The van der Waals surface area contributed by atoms with Gasteiger partial charge in [-0.15, -0.1) is 0 Å². The van der Waals surface area contributed by atoms with E-state index in [1.54, 1.807) is 12.4 Å². The smallest absolute Gasteiger partial charge is 0.251 e. The van der Waals surface area contributed by atoms with Crippen LogP contribution in [-0.2, 0) is 16.1 Å². The molecule has 6 rings (SSSR count). The van der Waals surface area contributed by atoms with Crippen molar-refractivity contribution in [1.29, 1.82) is 0 Å². The molecular weight excluding hydrogens is 512 g/mol. The van der Waals surface area contributed by atoms with Crippen molar-refractivity contribution in [2.75, 3.05) is 12.4 Å². The highest BCUT2D eigenvalue weighted by molar-refractivity contribution is 7.22. The molecule has 2 heterocycles. The van der Waals surface area contributed by atoms with E-state index in [9.17, 15) is 18.7 Å². The topological polar surface area (TPSA) is 100 Å². The van der Waals surface area contributed by atoms with Gasteiger partial charge in [-0.2, -0.15) is 0 Å². The number of aliphatic hydroxyl groups is 1. The third kappa shape index (κ3) is 5.29. The Hall–Kier alpha value is -2.60. The molecule has 0 spiro atoms. The monoisotopic (exact) mass is 543 g/mol. The van der Waals surface area contributed by atoms with Gasteiger partial charge in [-0.3, -0.25) is 9.69 Å². The number of nitrogens with zero attached hydrogens (tertiary/aromatic N) is 4. The molecule has 3 saturated carbocycles. The molecule has 2 aromatic heterocycles. The molecule has 2 atom stereocenters. The van der Waals surface area contributed by atoms with Crippen LogP contribution in [0, 0.1) is 5.92 Å². The highest BCUT2D eigenvalue weighted by Crippen LogP contribution is 2.44. The molecule has 0 aliphatic heterocycles. The minimum absolute atomic E-state index is 0.0656. The van der Waals surface area contributed by atoms with E-state index >= 15 is 0 Å². The van der Waals surface area contributed by atoms with Crippen molar-refractivity contribution in [1.82, 2.24) is 19.9 Å². The third-order valence-corrected chi connectivity index (χ3v) is 9.14. The summed E-state index contributed by atoms with van der Waals surface area (Å²) in [7, 11) is 1.89. The number of halogens is 2. The van der Waals surface area contributed by atoms with Crippen LogP contribution in [0.4, 0.5) is 13.9 Å². The molecule has 11 heteroatoms. The molecular formula is C27H31F2N5O3S. The molecule has 3 fully saturated rings. The first-order valence-electron chi connectivity index (χ1n) is 13.2. The van der Waals surface area contributed by atoms with Gasteiger partial charge in [0, 0.05) is 48.8 Å². The number of fused-ring (bicyclic) bond motifs is 1. The van der Waals surface area contributed by atoms with Crippen LogP contribution in [-0.4, -0.2) is 68.1 Å². The standard InChI is InChI=1S/C27H31F2N5O3S/c1-34(19-10-27(28,29)11-19)18-7-16(8-18)25(36)33-26-32-20-6-5-15(9-23(20)38-26)17-12-30-24(31-13-17)14-37-22-4-2-3-21(22)35/h5-6,9,12-13,16,18-19,21-22,35H,2-4,7-8,10-11,14H2,1H3,(H,32,33,36)/t16?,18?,21-,22-/m0/s1. The molecule has 0 saturated heterocycles. The van der Waals surface area contributed by atoms with Crippen molar-refractivity contribution in [3.8, 4) is 11.1 Å². The Bertz CT molecular complexity index is 1310. The van der Waals surface area contributed by atoms with E-state index in [1.807, 2.05) is 30.1 Å². The number of hydrogen-bond acceptors (Lipinski definition) is 8. The zero-order valence-corrected chi connectivity index (χ0v) is 22.0. The van der Waals surface area contributed by atoms with Gasteiger partial charge in [0.05, 0.1) is 22.4 Å². The summed E-state index contributed by atoms with van der Waals surface area (Å²) in [6.07, 6.45) is 6.79. The number of nitrogens with one attached hydrogen (secondary N) is 1. The molecule has 0 radical (unpaired) electrons. The van der Waals surface area contributed by atoms with E-state index in [0.29, 0.717) is 23.8 Å². The molecule has 3 aliphatic carbocycles. The Morgan fingerprint density at radius 3 is 2.63 bits per heavy atom. The van der Waals surface area contributed by atoms with Crippen molar-refractivity contribution < 1.29 is 23.4 Å². The Morgan fingerprint density at radius 1 is 1.18 bits per heavy atom. The molecule has 202 valence electrons. The maximum atomic E-state index is 13.2. The summed E-state index contributed by atoms with van der Waals surface area (Å²) in [5, 5.41) is 13.4. The molecule has 1 aromatic carbocycles. The largest absolute Gasteiger partial charge is 0.390 e. The molecule has 3 aromatic rings. The Labute approximate surface area is 223 Å². The zero-order chi connectivity index (χ0) is 26.4. The van der Waals surface area contributed by atoms with Gasteiger partial charge >= 0.3 is 0 Å². The summed E-state index contributed by atoms with van der Waals surface area (Å²) in [6, 6.07) is 5.97. The lowest BCUT2D eigenvalue weighted by Crippen LogP contribution is -2.56. The van der Waals surface area contributed by atoms with Crippen LogP contribution in [0.15, 0.2) is 30.6 Å². The molecule has 0 bridgehead atoms. The van der Waals surface area contributed by atoms with Crippen LogP contribution in [0.5, 0.6) is 0 Å². The van der Waals surface area contributed by atoms with Gasteiger partial charge in [0.25, 0.3) is 5.92 Å². The van der Waals surface area contributed by atoms with Crippen LogP contribution in [0.25, 0.3) is 21.3 Å². The number of aliphatic hydroxyl groups excluding tert-OH is 1. The van der Waals surface area contributed by atoms with Gasteiger partial charge in [-0.25, -0.2) is 23.7 Å². The first kappa shape index (κ1) is 25.7. The summed E-state index contributed by atoms with van der Waals surface area (Å²) in [5.74, 6) is -2.14. The van der Waals surface area contributed by atoms with E-state index in [0.717, 1.165) is 40.6 Å². The minimum Gasteiger partial charge on any atom is -0.390 e. The number of aromatic nitrogens is 3. The van der Waals surface area contributed by atoms with Crippen molar-refractivity contribution in [2.24, 2.45) is 5.92 Å². The molecule has 2 N–H and O–H groups in total. The Balaban J connectivity index is 1.03. The molecule has 3 aliphatic rings. The SMILES string of the molecule is CN(C1CC(C(=O)Nc2nc3ccc(-c4cnc(CO[C@H]5CCC[C@@H]5O)nc4)cc3s2)C1)C1CC(F)(F)C1. The lowest BCUT2D eigenvalue weighted by atomic mass is 9.76. The number of benzene rings is 1. The van der Waals surface area contributed by atoms with Crippen molar-refractivity contribution in [2.45, 2.75) is 81.8 Å². The summed E-state index contributed by atoms with van der Waals surface area (Å²) < 4.78 is 33.1. The molecule has 1 amide bonds. The van der Waals surface area contributed by atoms with Gasteiger partial charge in [0.2, 0.25) is 5.91 Å². The number of carbonyl (C=O) groups excluding carboxylic acids is 1. The number of hydrogen-bond donors (Lipinski definition) is 2. The van der Waals surface area contributed by atoms with E-state index in [2.05, 4.69) is 20.3 Å². The maximum absolute atomic E-state index is 13.2. The van der Waals surface area contributed by atoms with E-state index in [1.165, 1.54) is 11.3 Å². The van der Waals surface area contributed by atoms with Gasteiger partial charge in [0.15, 0.2) is 11.0 Å². The molecule has 0 unspecified atom stereocenters. The third-order valence-electron chi connectivity index (χ3n) is 8.21. The first-order valence-corrected chi connectivity index (χ1v) is 14.0. The number of carbonyl (C=O) groups is 1. The number of thiazole rings is 1. The summed E-state index contributed by atoms with van der Waals surface area (Å²) >= 11 is 1.42. The quantitative estimate of drug-likeness (QED) is 0.427. The number of rotatable bonds is 8. The van der Waals surface area contributed by atoms with E-state index < -0.39 is 12.0 Å². The summed E-state index contributed by atoms with van der Waals surface area (Å²) in [4.78, 5) is 28.2. The zero-order valence-electron chi connectivity index (χ0n) is 21.1. The number of ether oxygens (including phenoxy) is 1. The van der Waals surface area contributed by atoms with Crippen molar-refractivity contribution in [3.05, 3.63) is 36.4 Å². The first-order chi connectivity index (χ1) is 18.2. The van der Waals surface area contributed by atoms with Crippen molar-refractivity contribution in [3.63, 3.8) is 0 Å². The van der Waals surface area contributed by atoms with Crippen LogP contribution in [0.1, 0.15) is 50.8 Å². The highest BCUT2D eigenvalue weighted by Gasteiger charge is 2.50. The van der Waals surface area contributed by atoms with Crippen LogP contribution in [0.2, 0.25) is 0 Å². The molecule has 8 nitrogen and oxygen atoms in total. The van der Waals surface area contributed by atoms with E-state index in [-0.39, 0.29) is 49.5 Å². The van der Waals surface area contributed by atoms with Gasteiger partial charge in [-0.1, -0.05) is 17.4 Å². The van der Waals surface area contributed by atoms with Gasteiger partial charge in [0.1, 0.15) is 6.61 Å². The lowest BCUT2D eigenvalue weighted by Gasteiger charge is -2.48. The average molecular weight is 544 g/mol. The predicted octanol–water partition coefficient (Wildman–Crippen LogP) is 4.63. The van der Waals surface area contributed by atoms with Crippen LogP contribution in [0.3, 0.4) is 0 Å². The van der Waals surface area contributed by atoms with E-state index in [4.69, 9.17) is 4.74 Å². The van der Waals surface area contributed by atoms with Gasteiger partial charge < -0.3 is 15.2 Å². The lowest BCUT2D eigenvalue weighted by molar-refractivity contribution is -0.141. The summed E-state index contributed by atoms with van der Waals surface area (Å²) in [6.45, 7) is 0.271. The normalized spacial score (nSPS) is 26.9. The molecule has 38 heavy (non-hydrogen) atoms. The second-order valence-electron chi connectivity index (χ2n) is 10.8. The number of amides is 1. The van der Waals surface area contributed by atoms with Crippen molar-refractivity contribution >= 4 is 32.6 Å². The maximum Gasteiger partial charge on any atom is 0.251 e. The number of alkyl halides is 2. The highest BCUT2D eigenvalue weighted by atomic mass is 32.1. The second-order valence-corrected chi connectivity index (χ2v) is 11.9. The van der Waals surface area contributed by atoms with Gasteiger partial charge in [-0.05, 0) is 56.8 Å². The Kier molecular flexibility index (Phi) is 6.88. The van der Waals surface area contributed by atoms with Crippen LogP contribution < -0.4 is 5.32 Å². The minimum atomic E-state index is -2.53. The second kappa shape index (κ2) is 10.2. The summed E-state index contributed by atoms with van der Waals surface area (Å²) in [5.41, 5.74) is 2.61. The number of anilines is 1. The van der Waals surface area contributed by atoms with Crippen LogP contribution >= 0.6 is 11.3 Å². The Morgan fingerprint density at radius 2 is 1.95 bits per heavy atom. The fourth-order valence-corrected chi connectivity index (χ4v) is 6.48. The average Bonchev–Trinajstić information content (AvgIpc) is 3.44. The fraction of sp³-hybridized carbons (Fsp3) is 0.556.